The number of nitrogens with one attached hydrogen (secondary N) is 1. The molecule has 0 aromatic heterocycles. The first kappa shape index (κ1) is 14.2. The Balaban J connectivity index is 2.40. The third kappa shape index (κ3) is 4.57. The molecule has 1 N–H and O–H groups in total. The van der Waals surface area contributed by atoms with Gasteiger partial charge in [-0.2, -0.15) is 0 Å². The van der Waals surface area contributed by atoms with Crippen molar-refractivity contribution in [1.29, 1.82) is 0 Å². The van der Waals surface area contributed by atoms with Crippen LogP contribution in [0, 0.1) is 0 Å². The first-order chi connectivity index (χ1) is 8.67. The quantitative estimate of drug-likeness (QED) is 0.754. The van der Waals surface area contributed by atoms with Gasteiger partial charge in [-0.3, -0.25) is 9.59 Å². The monoisotopic (exact) mass is 249 g/mol. The molecule has 0 aliphatic rings. The van der Waals surface area contributed by atoms with E-state index < -0.39 is 0 Å². The SMILES string of the molecule is CCNC(=O)CCOc1ccc(C(=O)CC)cc1. The van der Waals surface area contributed by atoms with Gasteiger partial charge in [0.2, 0.25) is 5.91 Å². The topological polar surface area (TPSA) is 55.4 Å². The molecule has 0 unspecified atom stereocenters. The Kier molecular flexibility index (Phi) is 5.91. The van der Waals surface area contributed by atoms with Crippen molar-refractivity contribution >= 4 is 11.7 Å². The summed E-state index contributed by atoms with van der Waals surface area (Å²) in [6.45, 7) is 4.68. The molecule has 0 heterocycles. The fraction of sp³-hybridized carbons (Fsp3) is 0.429. The molecular weight excluding hydrogens is 230 g/mol. The van der Waals surface area contributed by atoms with Crippen LogP contribution in [-0.2, 0) is 4.79 Å². The van der Waals surface area contributed by atoms with Crippen molar-refractivity contribution in [1.82, 2.24) is 5.32 Å². The lowest BCUT2D eigenvalue weighted by molar-refractivity contribution is -0.121. The highest BCUT2D eigenvalue weighted by Crippen LogP contribution is 2.13. The zero-order chi connectivity index (χ0) is 13.4. The van der Waals surface area contributed by atoms with Crippen molar-refractivity contribution in [2.45, 2.75) is 26.7 Å². The molecule has 1 amide bonds. The van der Waals surface area contributed by atoms with Crippen molar-refractivity contribution in [3.63, 3.8) is 0 Å². The van der Waals surface area contributed by atoms with Crippen molar-refractivity contribution in [2.24, 2.45) is 0 Å². The van der Waals surface area contributed by atoms with Crippen molar-refractivity contribution in [3.05, 3.63) is 29.8 Å². The van der Waals surface area contributed by atoms with Crippen LogP contribution in [0.15, 0.2) is 24.3 Å². The van der Waals surface area contributed by atoms with Gasteiger partial charge in [-0.15, -0.1) is 0 Å². The normalized spacial score (nSPS) is 9.89. The summed E-state index contributed by atoms with van der Waals surface area (Å²) in [4.78, 5) is 22.6. The van der Waals surface area contributed by atoms with E-state index in [4.69, 9.17) is 4.74 Å². The molecule has 0 aliphatic heterocycles. The predicted molar refractivity (Wildman–Crippen MR) is 69.9 cm³/mol. The molecule has 1 aromatic rings. The number of benzene rings is 1. The molecule has 0 aliphatic carbocycles. The molecule has 1 rings (SSSR count). The Hall–Kier alpha value is -1.84. The maximum atomic E-state index is 11.4. The second-order valence-corrected chi connectivity index (χ2v) is 3.85. The van der Waals surface area contributed by atoms with E-state index in [-0.39, 0.29) is 11.7 Å². The lowest BCUT2D eigenvalue weighted by Crippen LogP contribution is -2.24. The second-order valence-electron chi connectivity index (χ2n) is 3.85. The summed E-state index contributed by atoms with van der Waals surface area (Å²) in [5.74, 6) is 0.770. The van der Waals surface area contributed by atoms with Crippen molar-refractivity contribution < 1.29 is 14.3 Å². The van der Waals surface area contributed by atoms with E-state index >= 15 is 0 Å². The summed E-state index contributed by atoms with van der Waals surface area (Å²) in [5, 5.41) is 2.70. The minimum Gasteiger partial charge on any atom is -0.493 e. The van der Waals surface area contributed by atoms with Crippen LogP contribution >= 0.6 is 0 Å². The first-order valence-corrected chi connectivity index (χ1v) is 6.20. The number of carbonyl (C=O) groups excluding carboxylic acids is 2. The molecule has 18 heavy (non-hydrogen) atoms. The van der Waals surface area contributed by atoms with E-state index in [0.717, 1.165) is 0 Å². The minimum atomic E-state index is -0.0183. The van der Waals surface area contributed by atoms with E-state index in [0.29, 0.717) is 37.3 Å². The Labute approximate surface area is 107 Å². The highest BCUT2D eigenvalue weighted by atomic mass is 16.5. The summed E-state index contributed by atoms with van der Waals surface area (Å²) in [6.07, 6.45) is 0.834. The number of hydrogen-bond donors (Lipinski definition) is 1. The van der Waals surface area contributed by atoms with Crippen LogP contribution in [-0.4, -0.2) is 24.8 Å². The fourth-order valence-electron chi connectivity index (χ4n) is 1.49. The molecule has 0 atom stereocenters. The third-order valence-electron chi connectivity index (χ3n) is 2.47. The van der Waals surface area contributed by atoms with Gasteiger partial charge in [0.15, 0.2) is 5.78 Å². The second kappa shape index (κ2) is 7.48. The maximum Gasteiger partial charge on any atom is 0.223 e. The van der Waals surface area contributed by atoms with Gasteiger partial charge in [0.1, 0.15) is 5.75 Å². The number of carbonyl (C=O) groups is 2. The number of amides is 1. The molecule has 0 radical (unpaired) electrons. The minimum absolute atomic E-state index is 0.0183. The summed E-state index contributed by atoms with van der Waals surface area (Å²) >= 11 is 0. The first-order valence-electron chi connectivity index (χ1n) is 6.20. The van der Waals surface area contributed by atoms with Gasteiger partial charge in [0.05, 0.1) is 13.0 Å². The van der Waals surface area contributed by atoms with Gasteiger partial charge in [-0.05, 0) is 31.2 Å². The summed E-state index contributed by atoms with van der Waals surface area (Å²) < 4.78 is 5.42. The largest absolute Gasteiger partial charge is 0.493 e. The number of ketones is 1. The van der Waals surface area contributed by atoms with Crippen LogP contribution in [0.1, 0.15) is 37.0 Å². The van der Waals surface area contributed by atoms with Gasteiger partial charge in [-0.1, -0.05) is 6.92 Å². The van der Waals surface area contributed by atoms with Gasteiger partial charge in [0, 0.05) is 18.5 Å². The smallest absolute Gasteiger partial charge is 0.223 e. The Morgan fingerprint density at radius 1 is 1.17 bits per heavy atom. The van der Waals surface area contributed by atoms with Crippen LogP contribution in [0.5, 0.6) is 5.75 Å². The summed E-state index contributed by atoms with van der Waals surface area (Å²) in [7, 11) is 0. The third-order valence-corrected chi connectivity index (χ3v) is 2.47. The molecule has 0 saturated heterocycles. The number of ether oxygens (including phenoxy) is 1. The van der Waals surface area contributed by atoms with Crippen LogP contribution in [0.2, 0.25) is 0 Å². The number of hydrogen-bond acceptors (Lipinski definition) is 3. The molecule has 4 nitrogen and oxygen atoms in total. The Morgan fingerprint density at radius 3 is 2.39 bits per heavy atom. The predicted octanol–water partition coefficient (Wildman–Crippen LogP) is 2.18. The Morgan fingerprint density at radius 2 is 1.83 bits per heavy atom. The highest BCUT2D eigenvalue weighted by Gasteiger charge is 2.03. The van der Waals surface area contributed by atoms with Gasteiger partial charge >= 0.3 is 0 Å². The van der Waals surface area contributed by atoms with Crippen LogP contribution in [0.25, 0.3) is 0 Å². The molecule has 0 spiro atoms. The van der Waals surface area contributed by atoms with E-state index in [2.05, 4.69) is 5.32 Å². The van der Waals surface area contributed by atoms with Crippen molar-refractivity contribution in [3.8, 4) is 5.75 Å². The van der Waals surface area contributed by atoms with E-state index in [1.165, 1.54) is 0 Å². The summed E-state index contributed by atoms with van der Waals surface area (Å²) in [5.41, 5.74) is 0.688. The van der Waals surface area contributed by atoms with Crippen LogP contribution in [0.4, 0.5) is 0 Å². The van der Waals surface area contributed by atoms with E-state index in [9.17, 15) is 9.59 Å². The Bertz CT molecular complexity index is 398. The van der Waals surface area contributed by atoms with Gasteiger partial charge in [-0.25, -0.2) is 0 Å². The maximum absolute atomic E-state index is 11.4. The molecular formula is C14H19NO3. The lowest BCUT2D eigenvalue weighted by Gasteiger charge is -2.06. The fourth-order valence-corrected chi connectivity index (χ4v) is 1.49. The average molecular weight is 249 g/mol. The molecule has 0 fully saturated rings. The van der Waals surface area contributed by atoms with Crippen LogP contribution in [0.3, 0.4) is 0 Å². The molecule has 0 saturated carbocycles. The van der Waals surface area contributed by atoms with E-state index in [1.807, 2.05) is 13.8 Å². The molecule has 1 aromatic carbocycles. The van der Waals surface area contributed by atoms with Gasteiger partial charge in [0.25, 0.3) is 0 Å². The number of rotatable bonds is 7. The molecule has 98 valence electrons. The highest BCUT2D eigenvalue weighted by molar-refractivity contribution is 5.95. The number of Topliss-reactive ketones (excluding diaryl/α,β-unsaturated/α-hetero) is 1. The van der Waals surface area contributed by atoms with E-state index in [1.54, 1.807) is 24.3 Å². The zero-order valence-corrected chi connectivity index (χ0v) is 10.9. The standard InChI is InChI=1S/C14H19NO3/c1-3-13(16)11-5-7-12(8-6-11)18-10-9-14(17)15-4-2/h5-8H,3-4,9-10H2,1-2H3,(H,15,17). The zero-order valence-electron chi connectivity index (χ0n) is 10.9. The average Bonchev–Trinajstić information content (AvgIpc) is 2.39. The lowest BCUT2D eigenvalue weighted by atomic mass is 10.1. The van der Waals surface area contributed by atoms with Crippen LogP contribution < -0.4 is 10.1 Å². The molecule has 0 bridgehead atoms. The summed E-state index contributed by atoms with van der Waals surface area (Å²) in [6, 6.07) is 6.99. The van der Waals surface area contributed by atoms with Crippen molar-refractivity contribution in [2.75, 3.05) is 13.2 Å². The molecule has 4 heteroatoms. The van der Waals surface area contributed by atoms with Gasteiger partial charge < -0.3 is 10.1 Å².